The lowest BCUT2D eigenvalue weighted by molar-refractivity contribution is -0.110. The molecule has 0 radical (unpaired) electrons. The number of ketones is 1. The summed E-state index contributed by atoms with van der Waals surface area (Å²) in [4.78, 5) is 24.1. The average molecular weight is 329 g/mol. The number of rotatable bonds is 9. The van der Waals surface area contributed by atoms with Gasteiger partial charge in [0.2, 0.25) is 0 Å². The summed E-state index contributed by atoms with van der Waals surface area (Å²) in [6.07, 6.45) is 3.91. The van der Waals surface area contributed by atoms with E-state index in [-0.39, 0.29) is 11.7 Å². The van der Waals surface area contributed by atoms with E-state index in [1.165, 1.54) is 0 Å². The van der Waals surface area contributed by atoms with Gasteiger partial charge in [-0.1, -0.05) is 13.3 Å². The molecule has 2 rings (SSSR count). The van der Waals surface area contributed by atoms with Crippen LogP contribution in [0.1, 0.15) is 55.5 Å². The van der Waals surface area contributed by atoms with Crippen molar-refractivity contribution in [2.75, 3.05) is 25.5 Å². The minimum atomic E-state index is -0.0862. The summed E-state index contributed by atoms with van der Waals surface area (Å²) in [5.74, 6) is -0.0783. The first-order valence-electron chi connectivity index (χ1n) is 8.66. The second kappa shape index (κ2) is 8.64. The lowest BCUT2D eigenvalue weighted by atomic mass is 9.99. The molecular weight excluding hydrogens is 302 g/mol. The lowest BCUT2D eigenvalue weighted by Crippen LogP contribution is -2.20. The highest BCUT2D eigenvalue weighted by Gasteiger charge is 2.27. The Morgan fingerprint density at radius 1 is 1.21 bits per heavy atom. The topological polar surface area (TPSA) is 70.2 Å². The summed E-state index contributed by atoms with van der Waals surface area (Å²) < 4.78 is 0. The van der Waals surface area contributed by atoms with Gasteiger partial charge >= 0.3 is 0 Å². The second-order valence-electron chi connectivity index (χ2n) is 6.11. The number of Topliss-reactive ketones (excluding diaryl/α,β-unsaturated/α-hetero) is 1. The molecule has 5 nitrogen and oxygen atoms in total. The third-order valence-corrected chi connectivity index (χ3v) is 4.16. The maximum atomic E-state index is 12.5. The SMILES string of the molecule is CCC/C(NCCCCNC)=C1/C(=O)Nc2ccc(C(C)=O)cc21. The predicted octanol–water partition coefficient (Wildman–Crippen LogP) is 2.94. The summed E-state index contributed by atoms with van der Waals surface area (Å²) in [6.45, 7) is 5.48. The van der Waals surface area contributed by atoms with Crippen LogP contribution in [0.25, 0.3) is 5.57 Å². The first-order valence-corrected chi connectivity index (χ1v) is 8.66. The Morgan fingerprint density at radius 3 is 2.62 bits per heavy atom. The van der Waals surface area contributed by atoms with Gasteiger partial charge in [0.15, 0.2) is 5.78 Å². The molecule has 1 aromatic carbocycles. The number of unbranched alkanes of at least 4 members (excludes halogenated alkanes) is 1. The number of amides is 1. The summed E-state index contributed by atoms with van der Waals surface area (Å²) >= 11 is 0. The van der Waals surface area contributed by atoms with Crippen molar-refractivity contribution in [1.29, 1.82) is 0 Å². The summed E-state index contributed by atoms with van der Waals surface area (Å²) in [5.41, 5.74) is 3.90. The minimum absolute atomic E-state index is 0.00793. The maximum absolute atomic E-state index is 12.5. The second-order valence-corrected chi connectivity index (χ2v) is 6.11. The molecule has 0 unspecified atom stereocenters. The molecule has 3 N–H and O–H groups in total. The fourth-order valence-electron chi connectivity index (χ4n) is 2.90. The van der Waals surface area contributed by atoms with E-state index >= 15 is 0 Å². The van der Waals surface area contributed by atoms with Crippen LogP contribution in [0.2, 0.25) is 0 Å². The van der Waals surface area contributed by atoms with E-state index in [9.17, 15) is 9.59 Å². The molecule has 24 heavy (non-hydrogen) atoms. The summed E-state index contributed by atoms with van der Waals surface area (Å²) in [5, 5.41) is 9.49. The molecule has 0 fully saturated rings. The summed E-state index contributed by atoms with van der Waals surface area (Å²) in [7, 11) is 1.95. The van der Waals surface area contributed by atoms with Crippen LogP contribution in [-0.2, 0) is 4.79 Å². The standard InChI is InChI=1S/C19H27N3O2/c1-4-7-17(21-11-6-5-10-20-3)18-15-12-14(13(2)23)8-9-16(15)22-19(18)24/h8-9,12,20-21H,4-7,10-11H2,1-3H3,(H,22,24)/b18-17-. The van der Waals surface area contributed by atoms with Crippen LogP contribution in [0.3, 0.4) is 0 Å². The van der Waals surface area contributed by atoms with Gasteiger partial charge in [-0.25, -0.2) is 0 Å². The van der Waals surface area contributed by atoms with Crippen molar-refractivity contribution < 1.29 is 9.59 Å². The van der Waals surface area contributed by atoms with Crippen molar-refractivity contribution in [2.24, 2.45) is 0 Å². The van der Waals surface area contributed by atoms with Crippen LogP contribution < -0.4 is 16.0 Å². The highest BCUT2D eigenvalue weighted by atomic mass is 16.2. The van der Waals surface area contributed by atoms with Crippen molar-refractivity contribution in [1.82, 2.24) is 10.6 Å². The molecule has 1 heterocycles. The summed E-state index contributed by atoms with van der Waals surface area (Å²) in [6, 6.07) is 5.39. The zero-order valence-corrected chi connectivity index (χ0v) is 14.8. The molecule has 0 atom stereocenters. The third kappa shape index (κ3) is 4.23. The number of hydrogen-bond donors (Lipinski definition) is 3. The van der Waals surface area contributed by atoms with Gasteiger partial charge in [-0.3, -0.25) is 9.59 Å². The Balaban J connectivity index is 2.27. The molecule has 5 heteroatoms. The molecule has 0 aromatic heterocycles. The molecule has 0 saturated heterocycles. The molecule has 1 aliphatic rings. The zero-order valence-electron chi connectivity index (χ0n) is 14.8. The molecule has 130 valence electrons. The first kappa shape index (κ1) is 18.2. The maximum Gasteiger partial charge on any atom is 0.258 e. The molecule has 0 saturated carbocycles. The normalized spacial score (nSPS) is 15.0. The molecule has 0 spiro atoms. The van der Waals surface area contributed by atoms with Crippen LogP contribution >= 0.6 is 0 Å². The van der Waals surface area contributed by atoms with Gasteiger partial charge in [-0.05, 0) is 58.0 Å². The van der Waals surface area contributed by atoms with Gasteiger partial charge in [-0.15, -0.1) is 0 Å². The van der Waals surface area contributed by atoms with Gasteiger partial charge in [0.1, 0.15) is 0 Å². The fourth-order valence-corrected chi connectivity index (χ4v) is 2.90. The Labute approximate surface area is 143 Å². The minimum Gasteiger partial charge on any atom is -0.388 e. The van der Waals surface area contributed by atoms with Gasteiger partial charge in [0.25, 0.3) is 5.91 Å². The number of carbonyl (C=O) groups excluding carboxylic acids is 2. The van der Waals surface area contributed by atoms with Crippen LogP contribution in [0.15, 0.2) is 23.9 Å². The number of fused-ring (bicyclic) bond motifs is 1. The van der Waals surface area contributed by atoms with E-state index < -0.39 is 0 Å². The quantitative estimate of drug-likeness (QED) is 0.370. The van der Waals surface area contributed by atoms with Crippen molar-refractivity contribution in [3.8, 4) is 0 Å². The molecule has 1 aliphatic heterocycles. The Bertz CT molecular complexity index is 650. The van der Waals surface area contributed by atoms with Crippen LogP contribution in [-0.4, -0.2) is 31.8 Å². The Kier molecular flexibility index (Phi) is 6.55. The number of carbonyl (C=O) groups is 2. The van der Waals surface area contributed by atoms with Crippen molar-refractivity contribution in [3.63, 3.8) is 0 Å². The smallest absolute Gasteiger partial charge is 0.258 e. The van der Waals surface area contributed by atoms with Gasteiger partial charge in [-0.2, -0.15) is 0 Å². The van der Waals surface area contributed by atoms with Crippen molar-refractivity contribution in [2.45, 2.75) is 39.5 Å². The van der Waals surface area contributed by atoms with E-state index in [0.29, 0.717) is 11.1 Å². The van der Waals surface area contributed by atoms with Gasteiger partial charge in [0.05, 0.1) is 5.57 Å². The van der Waals surface area contributed by atoms with E-state index in [2.05, 4.69) is 22.9 Å². The van der Waals surface area contributed by atoms with Crippen molar-refractivity contribution in [3.05, 3.63) is 35.0 Å². The molecular formula is C19H27N3O2. The number of nitrogens with one attached hydrogen (secondary N) is 3. The fraction of sp³-hybridized carbons (Fsp3) is 0.474. The van der Waals surface area contributed by atoms with Crippen LogP contribution in [0.4, 0.5) is 5.69 Å². The molecule has 0 aliphatic carbocycles. The Morgan fingerprint density at radius 2 is 1.96 bits per heavy atom. The van der Waals surface area contributed by atoms with Gasteiger partial charge in [0, 0.05) is 29.1 Å². The van der Waals surface area contributed by atoms with E-state index in [0.717, 1.165) is 55.7 Å². The molecule has 1 amide bonds. The monoisotopic (exact) mass is 329 g/mol. The highest BCUT2D eigenvalue weighted by Crippen LogP contribution is 2.35. The van der Waals surface area contributed by atoms with E-state index in [1.54, 1.807) is 13.0 Å². The van der Waals surface area contributed by atoms with Crippen molar-refractivity contribution >= 4 is 23.0 Å². The lowest BCUT2D eigenvalue weighted by Gasteiger charge is -2.13. The van der Waals surface area contributed by atoms with Gasteiger partial charge < -0.3 is 16.0 Å². The third-order valence-electron chi connectivity index (χ3n) is 4.16. The number of benzene rings is 1. The zero-order chi connectivity index (χ0) is 17.5. The first-order chi connectivity index (χ1) is 11.6. The largest absolute Gasteiger partial charge is 0.388 e. The van der Waals surface area contributed by atoms with Crippen LogP contribution in [0.5, 0.6) is 0 Å². The average Bonchev–Trinajstić information content (AvgIpc) is 2.88. The molecule has 0 bridgehead atoms. The van der Waals surface area contributed by atoms with Crippen LogP contribution in [0, 0.1) is 0 Å². The highest BCUT2D eigenvalue weighted by molar-refractivity contribution is 6.32. The number of anilines is 1. The van der Waals surface area contributed by atoms with E-state index in [1.807, 2.05) is 19.2 Å². The number of allylic oxidation sites excluding steroid dienone is 1. The Hall–Kier alpha value is -2.14. The molecule has 1 aromatic rings. The predicted molar refractivity (Wildman–Crippen MR) is 98.1 cm³/mol. The number of hydrogen-bond acceptors (Lipinski definition) is 4. The van der Waals surface area contributed by atoms with E-state index in [4.69, 9.17) is 0 Å².